The van der Waals surface area contributed by atoms with Crippen LogP contribution in [-0.4, -0.2) is 29.6 Å². The smallest absolute Gasteiger partial charge is 0.0346 e. The van der Waals surface area contributed by atoms with Crippen LogP contribution in [0.2, 0.25) is 0 Å². The molecule has 1 aromatic heterocycles. The van der Waals surface area contributed by atoms with Crippen LogP contribution in [0.3, 0.4) is 0 Å². The van der Waals surface area contributed by atoms with Gasteiger partial charge >= 0.3 is 0 Å². The summed E-state index contributed by atoms with van der Waals surface area (Å²) >= 11 is 1.87. The van der Waals surface area contributed by atoms with Gasteiger partial charge in [-0.05, 0) is 42.2 Å². The average Bonchev–Trinajstić information content (AvgIpc) is 2.91. The van der Waals surface area contributed by atoms with Gasteiger partial charge in [0.15, 0.2) is 0 Å². The van der Waals surface area contributed by atoms with Crippen molar-refractivity contribution in [3.63, 3.8) is 0 Å². The molecule has 114 valence electrons. The molecule has 0 aliphatic carbocycles. The number of benzene rings is 1. The monoisotopic (exact) mass is 302 g/mol. The maximum Gasteiger partial charge on any atom is 0.0346 e. The molecule has 2 nitrogen and oxygen atoms in total. The van der Waals surface area contributed by atoms with E-state index in [1.54, 1.807) is 0 Å². The molecule has 1 aliphatic rings. The van der Waals surface area contributed by atoms with Crippen LogP contribution in [0.5, 0.6) is 0 Å². The Kier molecular flexibility index (Phi) is 4.34. The second-order valence-electron chi connectivity index (χ2n) is 6.52. The molecule has 1 N–H and O–H groups in total. The summed E-state index contributed by atoms with van der Waals surface area (Å²) in [6.45, 7) is 10.3. The maximum absolute atomic E-state index is 3.75. The number of fused-ring (bicyclic) bond motifs is 1. The third kappa shape index (κ3) is 3.01. The first-order valence-corrected chi connectivity index (χ1v) is 8.97. The largest absolute Gasteiger partial charge is 0.309 e. The van der Waals surface area contributed by atoms with Crippen molar-refractivity contribution in [3.05, 3.63) is 35.2 Å². The highest BCUT2D eigenvalue weighted by molar-refractivity contribution is 7.17. The Morgan fingerprint density at radius 3 is 2.90 bits per heavy atom. The molecule has 2 aromatic rings. The minimum atomic E-state index is 0.261. The Labute approximate surface area is 132 Å². The fraction of sp³-hybridized carbons (Fsp3) is 0.556. The summed E-state index contributed by atoms with van der Waals surface area (Å²) in [5.74, 6) is 0. The third-order valence-corrected chi connectivity index (χ3v) is 6.03. The summed E-state index contributed by atoms with van der Waals surface area (Å²) in [6, 6.07) is 9.45. The molecule has 3 rings (SSSR count). The molecule has 1 aliphatic heterocycles. The number of hydrogen-bond donors (Lipinski definition) is 1. The highest BCUT2D eigenvalue weighted by atomic mass is 32.1. The van der Waals surface area contributed by atoms with Crippen LogP contribution in [0.15, 0.2) is 29.6 Å². The topological polar surface area (TPSA) is 15.3 Å². The number of rotatable bonds is 4. The van der Waals surface area contributed by atoms with Crippen molar-refractivity contribution < 1.29 is 0 Å². The van der Waals surface area contributed by atoms with Gasteiger partial charge in [0.05, 0.1) is 0 Å². The molecule has 0 bridgehead atoms. The van der Waals surface area contributed by atoms with Gasteiger partial charge in [0, 0.05) is 35.9 Å². The number of nitrogens with zero attached hydrogens (tertiary/aromatic N) is 1. The van der Waals surface area contributed by atoms with Crippen molar-refractivity contribution in [2.75, 3.05) is 13.1 Å². The Hall–Kier alpha value is -0.900. The number of piperazine rings is 1. The lowest BCUT2D eigenvalue weighted by atomic mass is 9.92. The summed E-state index contributed by atoms with van der Waals surface area (Å²) in [5.41, 5.74) is 1.76. The molecule has 2 unspecified atom stereocenters. The van der Waals surface area contributed by atoms with E-state index >= 15 is 0 Å². The molecular formula is C18H26N2S. The molecule has 0 saturated carbocycles. The minimum absolute atomic E-state index is 0.261. The molecule has 2 atom stereocenters. The zero-order chi connectivity index (χ0) is 14.9. The van der Waals surface area contributed by atoms with Gasteiger partial charge in [0.2, 0.25) is 0 Å². The third-order valence-electron chi connectivity index (χ3n) is 5.02. The maximum atomic E-state index is 3.75. The van der Waals surface area contributed by atoms with Gasteiger partial charge in [-0.1, -0.05) is 32.0 Å². The Bertz CT molecular complexity index is 606. The first-order valence-electron chi connectivity index (χ1n) is 8.09. The van der Waals surface area contributed by atoms with Gasteiger partial charge < -0.3 is 5.32 Å². The van der Waals surface area contributed by atoms with Crippen molar-refractivity contribution in [2.24, 2.45) is 0 Å². The SMILES string of the molecule is CCC1CNC(C)(CC)CN1Cc1csc2ccccc12. The fourth-order valence-electron chi connectivity index (χ4n) is 3.32. The quantitative estimate of drug-likeness (QED) is 0.908. The summed E-state index contributed by atoms with van der Waals surface area (Å²) in [7, 11) is 0. The van der Waals surface area contributed by atoms with Gasteiger partial charge in [-0.3, -0.25) is 4.90 Å². The summed E-state index contributed by atoms with van der Waals surface area (Å²) < 4.78 is 1.41. The lowest BCUT2D eigenvalue weighted by Crippen LogP contribution is -2.62. The van der Waals surface area contributed by atoms with E-state index in [4.69, 9.17) is 0 Å². The molecule has 1 fully saturated rings. The van der Waals surface area contributed by atoms with Crippen molar-refractivity contribution in [3.8, 4) is 0 Å². The first kappa shape index (κ1) is 15.0. The molecule has 2 heterocycles. The minimum Gasteiger partial charge on any atom is -0.309 e. The van der Waals surface area contributed by atoms with E-state index in [0.717, 1.165) is 19.6 Å². The lowest BCUT2D eigenvalue weighted by Gasteiger charge is -2.46. The highest BCUT2D eigenvalue weighted by Gasteiger charge is 2.33. The van der Waals surface area contributed by atoms with Crippen LogP contribution in [0.4, 0.5) is 0 Å². The summed E-state index contributed by atoms with van der Waals surface area (Å²) in [5, 5.41) is 7.54. The molecule has 0 radical (unpaired) electrons. The van der Waals surface area contributed by atoms with E-state index < -0.39 is 0 Å². The number of thiophene rings is 1. The van der Waals surface area contributed by atoms with Crippen LogP contribution in [0, 0.1) is 0 Å². The van der Waals surface area contributed by atoms with E-state index in [-0.39, 0.29) is 5.54 Å². The van der Waals surface area contributed by atoms with Crippen LogP contribution in [0.1, 0.15) is 39.2 Å². The number of nitrogens with one attached hydrogen (secondary N) is 1. The van der Waals surface area contributed by atoms with E-state index in [0.29, 0.717) is 6.04 Å². The molecule has 1 saturated heterocycles. The fourth-order valence-corrected chi connectivity index (χ4v) is 4.28. The predicted molar refractivity (Wildman–Crippen MR) is 93.0 cm³/mol. The molecule has 0 amide bonds. The lowest BCUT2D eigenvalue weighted by molar-refractivity contribution is 0.0759. The molecule has 1 aromatic carbocycles. The van der Waals surface area contributed by atoms with Gasteiger partial charge in [-0.15, -0.1) is 11.3 Å². The van der Waals surface area contributed by atoms with Gasteiger partial charge in [-0.25, -0.2) is 0 Å². The van der Waals surface area contributed by atoms with E-state index in [9.17, 15) is 0 Å². The summed E-state index contributed by atoms with van der Waals surface area (Å²) in [6.07, 6.45) is 2.40. The van der Waals surface area contributed by atoms with Gasteiger partial charge in [0.25, 0.3) is 0 Å². The normalized spacial score (nSPS) is 27.3. The van der Waals surface area contributed by atoms with Crippen molar-refractivity contribution in [1.82, 2.24) is 10.2 Å². The Morgan fingerprint density at radius 1 is 1.33 bits per heavy atom. The Balaban J connectivity index is 1.84. The van der Waals surface area contributed by atoms with Gasteiger partial charge in [0.1, 0.15) is 0 Å². The van der Waals surface area contributed by atoms with Crippen molar-refractivity contribution in [2.45, 2.75) is 51.7 Å². The Morgan fingerprint density at radius 2 is 2.14 bits per heavy atom. The molecule has 0 spiro atoms. The van der Waals surface area contributed by atoms with E-state index in [1.807, 2.05) is 11.3 Å². The van der Waals surface area contributed by atoms with Crippen LogP contribution in [0.25, 0.3) is 10.1 Å². The molecule has 3 heteroatoms. The standard InChI is InChI=1S/C18H26N2S/c1-4-15-10-19-18(3,5-2)13-20(15)11-14-12-21-17-9-7-6-8-16(14)17/h6-9,12,15,19H,4-5,10-11,13H2,1-3H3. The second-order valence-corrected chi connectivity index (χ2v) is 7.43. The van der Waals surface area contributed by atoms with E-state index in [1.165, 1.54) is 28.5 Å². The molecule has 21 heavy (non-hydrogen) atoms. The van der Waals surface area contributed by atoms with Crippen LogP contribution in [-0.2, 0) is 6.54 Å². The average molecular weight is 302 g/mol. The second kappa shape index (κ2) is 6.07. The zero-order valence-electron chi connectivity index (χ0n) is 13.4. The molecular weight excluding hydrogens is 276 g/mol. The highest BCUT2D eigenvalue weighted by Crippen LogP contribution is 2.29. The van der Waals surface area contributed by atoms with Crippen LogP contribution < -0.4 is 5.32 Å². The van der Waals surface area contributed by atoms with E-state index in [2.05, 4.69) is 60.6 Å². The summed E-state index contributed by atoms with van der Waals surface area (Å²) in [4.78, 5) is 2.69. The van der Waals surface area contributed by atoms with Crippen molar-refractivity contribution in [1.29, 1.82) is 0 Å². The van der Waals surface area contributed by atoms with Crippen LogP contribution >= 0.6 is 11.3 Å². The first-order chi connectivity index (χ1) is 10.1. The van der Waals surface area contributed by atoms with Gasteiger partial charge in [-0.2, -0.15) is 0 Å². The zero-order valence-corrected chi connectivity index (χ0v) is 14.2. The predicted octanol–water partition coefficient (Wildman–Crippen LogP) is 4.25. The number of hydrogen-bond acceptors (Lipinski definition) is 3. The van der Waals surface area contributed by atoms with Crippen molar-refractivity contribution >= 4 is 21.4 Å².